The summed E-state index contributed by atoms with van der Waals surface area (Å²) in [6, 6.07) is 8.26. The predicted molar refractivity (Wildman–Crippen MR) is 73.8 cm³/mol. The number of hydrogen-bond acceptors (Lipinski definition) is 2. The summed E-state index contributed by atoms with van der Waals surface area (Å²) in [6.45, 7) is 4.52. The van der Waals surface area contributed by atoms with E-state index in [1.165, 1.54) is 18.4 Å². The lowest BCUT2D eigenvalue weighted by Gasteiger charge is -2.32. The highest BCUT2D eigenvalue weighted by Crippen LogP contribution is 2.32. The number of aliphatic hydroxyl groups is 1. The first-order valence-corrected chi connectivity index (χ1v) is 7.03. The van der Waals surface area contributed by atoms with Crippen LogP contribution >= 0.6 is 0 Å². The third-order valence-electron chi connectivity index (χ3n) is 4.05. The zero-order valence-electron chi connectivity index (χ0n) is 11.4. The van der Waals surface area contributed by atoms with Gasteiger partial charge in [-0.25, -0.2) is 0 Å². The van der Waals surface area contributed by atoms with Crippen LogP contribution in [0.15, 0.2) is 24.3 Å². The van der Waals surface area contributed by atoms with Crippen molar-refractivity contribution in [3.8, 4) is 5.75 Å². The fraction of sp³-hybridized carbons (Fsp3) is 0.625. The van der Waals surface area contributed by atoms with E-state index in [1.807, 2.05) is 12.1 Å². The maximum absolute atomic E-state index is 9.26. The van der Waals surface area contributed by atoms with Crippen molar-refractivity contribution in [2.45, 2.75) is 45.6 Å². The highest BCUT2D eigenvalue weighted by atomic mass is 16.5. The molecular formula is C16H24O2. The molecule has 18 heavy (non-hydrogen) atoms. The van der Waals surface area contributed by atoms with E-state index < -0.39 is 0 Å². The van der Waals surface area contributed by atoms with E-state index in [1.54, 1.807) is 0 Å². The highest BCUT2D eigenvalue weighted by molar-refractivity contribution is 5.27. The fourth-order valence-corrected chi connectivity index (χ4v) is 2.84. The van der Waals surface area contributed by atoms with Gasteiger partial charge in [-0.05, 0) is 62.1 Å². The van der Waals surface area contributed by atoms with Gasteiger partial charge in [0.1, 0.15) is 5.75 Å². The molecule has 0 bridgehead atoms. The van der Waals surface area contributed by atoms with Gasteiger partial charge in [-0.3, -0.25) is 0 Å². The SMILES string of the molecule is Cc1cccc(O[C@@H]2CCCC(C(C)CO)C2)c1. The Labute approximate surface area is 110 Å². The van der Waals surface area contributed by atoms with Crippen molar-refractivity contribution in [3.63, 3.8) is 0 Å². The van der Waals surface area contributed by atoms with Crippen molar-refractivity contribution in [1.82, 2.24) is 0 Å². The lowest BCUT2D eigenvalue weighted by Crippen LogP contribution is -2.29. The molecule has 2 rings (SSSR count). The molecule has 1 N–H and O–H groups in total. The maximum atomic E-state index is 9.26. The summed E-state index contributed by atoms with van der Waals surface area (Å²) >= 11 is 0. The molecule has 2 heteroatoms. The van der Waals surface area contributed by atoms with Crippen LogP contribution in [0.25, 0.3) is 0 Å². The van der Waals surface area contributed by atoms with Crippen LogP contribution in [0.1, 0.15) is 38.2 Å². The molecule has 0 radical (unpaired) electrons. The van der Waals surface area contributed by atoms with Crippen LogP contribution in [0.2, 0.25) is 0 Å². The number of rotatable bonds is 4. The minimum atomic E-state index is 0.293. The molecule has 0 amide bonds. The quantitative estimate of drug-likeness (QED) is 0.882. The molecule has 0 saturated heterocycles. The molecular weight excluding hydrogens is 224 g/mol. The molecule has 1 saturated carbocycles. The Morgan fingerprint density at radius 2 is 2.22 bits per heavy atom. The van der Waals surface area contributed by atoms with Gasteiger partial charge in [-0.1, -0.05) is 19.1 Å². The van der Waals surface area contributed by atoms with Gasteiger partial charge in [-0.2, -0.15) is 0 Å². The first-order valence-electron chi connectivity index (χ1n) is 7.03. The van der Waals surface area contributed by atoms with E-state index in [4.69, 9.17) is 4.74 Å². The summed E-state index contributed by atoms with van der Waals surface area (Å²) in [4.78, 5) is 0. The van der Waals surface area contributed by atoms with Crippen LogP contribution in [0, 0.1) is 18.8 Å². The predicted octanol–water partition coefficient (Wildman–Crippen LogP) is 3.56. The Balaban J connectivity index is 1.93. The van der Waals surface area contributed by atoms with Crippen molar-refractivity contribution >= 4 is 0 Å². The lowest BCUT2D eigenvalue weighted by molar-refractivity contribution is 0.0822. The lowest BCUT2D eigenvalue weighted by atomic mass is 9.80. The molecule has 2 unspecified atom stereocenters. The Morgan fingerprint density at radius 3 is 2.94 bits per heavy atom. The van der Waals surface area contributed by atoms with Crippen molar-refractivity contribution < 1.29 is 9.84 Å². The fourth-order valence-electron chi connectivity index (χ4n) is 2.84. The maximum Gasteiger partial charge on any atom is 0.119 e. The van der Waals surface area contributed by atoms with Gasteiger partial charge in [0.05, 0.1) is 6.10 Å². The molecule has 100 valence electrons. The first kappa shape index (κ1) is 13.4. The van der Waals surface area contributed by atoms with Crippen LogP contribution < -0.4 is 4.74 Å². The molecule has 0 aromatic heterocycles. The van der Waals surface area contributed by atoms with E-state index >= 15 is 0 Å². The van der Waals surface area contributed by atoms with Gasteiger partial charge in [0, 0.05) is 6.61 Å². The average Bonchev–Trinajstić information content (AvgIpc) is 2.38. The Morgan fingerprint density at radius 1 is 1.39 bits per heavy atom. The second-order valence-electron chi connectivity index (χ2n) is 5.64. The molecule has 0 spiro atoms. The normalized spacial score (nSPS) is 25.7. The van der Waals surface area contributed by atoms with E-state index in [2.05, 4.69) is 26.0 Å². The summed E-state index contributed by atoms with van der Waals surface area (Å²) in [5, 5.41) is 9.26. The third-order valence-corrected chi connectivity index (χ3v) is 4.05. The summed E-state index contributed by atoms with van der Waals surface area (Å²) in [5.41, 5.74) is 1.24. The van der Waals surface area contributed by atoms with E-state index in [-0.39, 0.29) is 0 Å². The summed E-state index contributed by atoms with van der Waals surface area (Å²) in [6.07, 6.45) is 4.98. The first-order chi connectivity index (χ1) is 8.69. The van der Waals surface area contributed by atoms with Gasteiger partial charge >= 0.3 is 0 Å². The second-order valence-corrected chi connectivity index (χ2v) is 5.64. The van der Waals surface area contributed by atoms with Crippen molar-refractivity contribution in [2.24, 2.45) is 11.8 Å². The number of benzene rings is 1. The van der Waals surface area contributed by atoms with E-state index in [0.717, 1.165) is 18.6 Å². The summed E-state index contributed by atoms with van der Waals surface area (Å²) in [7, 11) is 0. The molecule has 1 aromatic rings. The number of hydrogen-bond donors (Lipinski definition) is 1. The molecule has 0 heterocycles. The molecule has 0 aliphatic heterocycles. The summed E-state index contributed by atoms with van der Waals surface area (Å²) < 4.78 is 6.08. The smallest absolute Gasteiger partial charge is 0.119 e. The van der Waals surface area contributed by atoms with E-state index in [9.17, 15) is 5.11 Å². The zero-order valence-corrected chi connectivity index (χ0v) is 11.4. The van der Waals surface area contributed by atoms with Crippen LogP contribution in [0.4, 0.5) is 0 Å². The molecule has 1 aliphatic carbocycles. The van der Waals surface area contributed by atoms with Crippen LogP contribution in [0.3, 0.4) is 0 Å². The van der Waals surface area contributed by atoms with Crippen molar-refractivity contribution in [3.05, 3.63) is 29.8 Å². The second kappa shape index (κ2) is 6.24. The van der Waals surface area contributed by atoms with Gasteiger partial charge in [-0.15, -0.1) is 0 Å². The molecule has 1 aromatic carbocycles. The van der Waals surface area contributed by atoms with Crippen molar-refractivity contribution in [2.75, 3.05) is 6.61 Å². The number of aliphatic hydroxyl groups excluding tert-OH is 1. The minimum absolute atomic E-state index is 0.293. The third kappa shape index (κ3) is 3.49. The Bertz CT molecular complexity index is 375. The Hall–Kier alpha value is -1.02. The molecule has 3 atom stereocenters. The van der Waals surface area contributed by atoms with Crippen LogP contribution in [-0.4, -0.2) is 17.8 Å². The van der Waals surface area contributed by atoms with Gasteiger partial charge in [0.25, 0.3) is 0 Å². The Kier molecular flexibility index (Phi) is 4.65. The molecule has 1 fully saturated rings. The number of aryl methyl sites for hydroxylation is 1. The van der Waals surface area contributed by atoms with Gasteiger partial charge < -0.3 is 9.84 Å². The molecule has 2 nitrogen and oxygen atoms in total. The van der Waals surface area contributed by atoms with E-state index in [0.29, 0.717) is 24.5 Å². The molecule has 1 aliphatic rings. The number of ether oxygens (including phenoxy) is 1. The summed E-state index contributed by atoms with van der Waals surface area (Å²) in [5.74, 6) is 1.99. The standard InChI is InChI=1S/C16H24O2/c1-12-5-3-7-15(9-12)18-16-8-4-6-14(10-16)13(2)11-17/h3,5,7,9,13-14,16-17H,4,6,8,10-11H2,1-2H3/t13?,14?,16-/m1/s1. The van der Waals surface area contributed by atoms with Crippen LogP contribution in [0.5, 0.6) is 5.75 Å². The van der Waals surface area contributed by atoms with Gasteiger partial charge in [0.15, 0.2) is 0 Å². The van der Waals surface area contributed by atoms with Crippen LogP contribution in [-0.2, 0) is 0 Å². The zero-order chi connectivity index (χ0) is 13.0. The average molecular weight is 248 g/mol. The largest absolute Gasteiger partial charge is 0.490 e. The minimum Gasteiger partial charge on any atom is -0.490 e. The topological polar surface area (TPSA) is 29.5 Å². The van der Waals surface area contributed by atoms with Crippen molar-refractivity contribution in [1.29, 1.82) is 0 Å². The van der Waals surface area contributed by atoms with Gasteiger partial charge in [0.2, 0.25) is 0 Å². The highest BCUT2D eigenvalue weighted by Gasteiger charge is 2.26. The monoisotopic (exact) mass is 248 g/mol.